The van der Waals surface area contributed by atoms with Crippen LogP contribution >= 0.6 is 0 Å². The molecule has 156 valence electrons. The minimum absolute atomic E-state index is 0.129. The van der Waals surface area contributed by atoms with Gasteiger partial charge in [0.05, 0.1) is 11.0 Å². The van der Waals surface area contributed by atoms with E-state index in [1.165, 1.54) is 49.4 Å². The lowest BCUT2D eigenvalue weighted by molar-refractivity contribution is 0.666. The lowest BCUT2D eigenvalue weighted by Gasteiger charge is -2.24. The van der Waals surface area contributed by atoms with Gasteiger partial charge in [-0.2, -0.15) is 0 Å². The van der Waals surface area contributed by atoms with E-state index in [0.29, 0.717) is 0 Å². The van der Waals surface area contributed by atoms with Crippen molar-refractivity contribution < 1.29 is 0 Å². The van der Waals surface area contributed by atoms with E-state index in [0.717, 1.165) is 16.6 Å². The quantitative estimate of drug-likeness (QED) is 0.252. The van der Waals surface area contributed by atoms with E-state index in [1.54, 1.807) is 0 Å². The Balaban J connectivity index is 1.53. The largest absolute Gasteiger partial charge is 0.256 e. The smallest absolute Gasteiger partial charge is 0.0783 e. The molecule has 4 aromatic carbocycles. The van der Waals surface area contributed by atoms with Crippen LogP contribution in [0, 0.1) is 0 Å². The van der Waals surface area contributed by atoms with Crippen LogP contribution in [-0.4, -0.2) is 9.97 Å². The Morgan fingerprint density at radius 3 is 2.36 bits per heavy atom. The van der Waals surface area contributed by atoms with Crippen molar-refractivity contribution in [3.8, 4) is 22.3 Å². The number of nitrogens with zero attached hydrogens (tertiary/aromatic N) is 2. The second-order valence-electron chi connectivity index (χ2n) is 9.50. The summed E-state index contributed by atoms with van der Waals surface area (Å²) in [5.74, 6) is 0. The first kappa shape index (κ1) is 18.5. The summed E-state index contributed by atoms with van der Waals surface area (Å²) in [5, 5.41) is 4.92. The van der Waals surface area contributed by atoms with E-state index in [4.69, 9.17) is 9.97 Å². The molecule has 0 amide bonds. The van der Waals surface area contributed by atoms with Gasteiger partial charge in [-0.1, -0.05) is 74.5 Å². The van der Waals surface area contributed by atoms with Gasteiger partial charge in [0.2, 0.25) is 0 Å². The van der Waals surface area contributed by atoms with Crippen LogP contribution in [0.4, 0.5) is 0 Å². The summed E-state index contributed by atoms with van der Waals surface area (Å²) in [7, 11) is 0. The molecule has 33 heavy (non-hydrogen) atoms. The van der Waals surface area contributed by atoms with Crippen molar-refractivity contribution in [3.63, 3.8) is 0 Å². The second kappa shape index (κ2) is 6.49. The molecule has 0 bridgehead atoms. The van der Waals surface area contributed by atoms with Crippen LogP contribution in [0.25, 0.3) is 54.8 Å². The molecule has 0 unspecified atom stereocenters. The normalized spacial score (nSPS) is 14.0. The number of rotatable bonds is 1. The van der Waals surface area contributed by atoms with Gasteiger partial charge >= 0.3 is 0 Å². The highest BCUT2D eigenvalue weighted by Crippen LogP contribution is 2.54. The molecule has 2 heterocycles. The molecule has 0 N–H and O–H groups in total. The molecular formula is C31H22N2. The molecule has 0 saturated heterocycles. The highest BCUT2D eigenvalue weighted by molar-refractivity contribution is 6.16. The average molecular weight is 423 g/mol. The zero-order valence-electron chi connectivity index (χ0n) is 18.6. The molecule has 0 aliphatic heterocycles. The van der Waals surface area contributed by atoms with Gasteiger partial charge in [-0.15, -0.1) is 0 Å². The van der Waals surface area contributed by atoms with Crippen molar-refractivity contribution >= 4 is 32.6 Å². The molecule has 1 aliphatic rings. The van der Waals surface area contributed by atoms with Gasteiger partial charge in [0.15, 0.2) is 0 Å². The summed E-state index contributed by atoms with van der Waals surface area (Å²) >= 11 is 0. The van der Waals surface area contributed by atoms with E-state index in [1.807, 2.05) is 18.5 Å². The van der Waals surface area contributed by atoms with Gasteiger partial charge in [-0.05, 0) is 57.5 Å². The number of benzene rings is 4. The van der Waals surface area contributed by atoms with Gasteiger partial charge in [0.25, 0.3) is 0 Å². The van der Waals surface area contributed by atoms with Crippen LogP contribution in [0.5, 0.6) is 0 Å². The van der Waals surface area contributed by atoms with Gasteiger partial charge < -0.3 is 0 Å². The van der Waals surface area contributed by atoms with Crippen LogP contribution < -0.4 is 0 Å². The summed E-state index contributed by atoms with van der Waals surface area (Å²) < 4.78 is 0. The van der Waals surface area contributed by atoms with Gasteiger partial charge in [-0.25, -0.2) is 0 Å². The Hall–Kier alpha value is -4.04. The van der Waals surface area contributed by atoms with Crippen LogP contribution in [0.3, 0.4) is 0 Å². The van der Waals surface area contributed by atoms with Gasteiger partial charge in [0.1, 0.15) is 0 Å². The number of hydrogen-bond acceptors (Lipinski definition) is 2. The Bertz CT molecular complexity index is 1740. The summed E-state index contributed by atoms with van der Waals surface area (Å²) in [4.78, 5) is 9.50. The first-order valence-corrected chi connectivity index (χ1v) is 11.4. The Morgan fingerprint density at radius 1 is 0.667 bits per heavy atom. The molecule has 2 nitrogen and oxygen atoms in total. The van der Waals surface area contributed by atoms with E-state index >= 15 is 0 Å². The van der Waals surface area contributed by atoms with E-state index in [9.17, 15) is 0 Å². The molecule has 0 atom stereocenters. The SMILES string of the molecule is CC1(C)c2cc(-c3cnc4ccccc4c3)ccc2-c2c1c1cccnc1c1ccccc21. The first-order chi connectivity index (χ1) is 16.1. The molecule has 2 aromatic heterocycles. The van der Waals surface area contributed by atoms with Crippen molar-refractivity contribution in [2.24, 2.45) is 0 Å². The highest BCUT2D eigenvalue weighted by Gasteiger charge is 2.38. The Kier molecular flexibility index (Phi) is 3.64. The predicted octanol–water partition coefficient (Wildman–Crippen LogP) is 7.91. The molecule has 0 spiro atoms. The fraction of sp³-hybridized carbons (Fsp3) is 0.0968. The lowest BCUT2D eigenvalue weighted by Crippen LogP contribution is -2.16. The molecule has 1 aliphatic carbocycles. The highest BCUT2D eigenvalue weighted by atomic mass is 14.7. The maximum atomic E-state index is 4.80. The number of hydrogen-bond donors (Lipinski definition) is 0. The first-order valence-electron chi connectivity index (χ1n) is 11.4. The van der Waals surface area contributed by atoms with Crippen LogP contribution in [0.2, 0.25) is 0 Å². The third kappa shape index (κ3) is 2.49. The molecule has 0 radical (unpaired) electrons. The van der Waals surface area contributed by atoms with Gasteiger partial charge in [-0.3, -0.25) is 9.97 Å². The van der Waals surface area contributed by atoms with E-state index in [2.05, 4.69) is 92.7 Å². The van der Waals surface area contributed by atoms with Crippen molar-refractivity contribution in [2.45, 2.75) is 19.3 Å². The second-order valence-corrected chi connectivity index (χ2v) is 9.50. The molecular weight excluding hydrogens is 400 g/mol. The average Bonchev–Trinajstić information content (AvgIpc) is 3.11. The molecule has 0 fully saturated rings. The monoisotopic (exact) mass is 422 g/mol. The van der Waals surface area contributed by atoms with Crippen LogP contribution in [0.15, 0.2) is 97.3 Å². The van der Waals surface area contributed by atoms with E-state index < -0.39 is 0 Å². The minimum Gasteiger partial charge on any atom is -0.256 e. The van der Waals surface area contributed by atoms with Crippen molar-refractivity contribution in [3.05, 3.63) is 108 Å². The molecule has 2 heteroatoms. The standard InChI is InChI=1S/C31H22N2/c1-31(2)26-17-19(21-16-20-8-3-6-12-27(20)33-18-21)13-14-24(26)28-22-9-4-5-10-23(22)30-25(29(28)31)11-7-15-32-30/h3-18H,1-2H3. The summed E-state index contributed by atoms with van der Waals surface area (Å²) in [6.45, 7) is 4.70. The maximum Gasteiger partial charge on any atom is 0.0783 e. The number of para-hydroxylation sites is 1. The van der Waals surface area contributed by atoms with Crippen molar-refractivity contribution in [1.29, 1.82) is 0 Å². The maximum absolute atomic E-state index is 4.80. The number of pyridine rings is 2. The van der Waals surface area contributed by atoms with Crippen LogP contribution in [0.1, 0.15) is 25.0 Å². The zero-order valence-corrected chi connectivity index (χ0v) is 18.6. The Morgan fingerprint density at radius 2 is 1.45 bits per heavy atom. The minimum atomic E-state index is -0.129. The number of fused-ring (bicyclic) bond motifs is 9. The molecule has 7 rings (SSSR count). The van der Waals surface area contributed by atoms with Gasteiger partial charge in [0, 0.05) is 39.5 Å². The Labute approximate surface area is 192 Å². The lowest BCUT2D eigenvalue weighted by atomic mass is 9.79. The molecule has 6 aromatic rings. The van der Waals surface area contributed by atoms with Crippen molar-refractivity contribution in [2.75, 3.05) is 0 Å². The summed E-state index contributed by atoms with van der Waals surface area (Å²) in [5.41, 5.74) is 9.78. The fourth-order valence-corrected chi connectivity index (χ4v) is 5.75. The zero-order chi connectivity index (χ0) is 22.2. The van der Waals surface area contributed by atoms with Crippen molar-refractivity contribution in [1.82, 2.24) is 9.97 Å². The summed E-state index contributed by atoms with van der Waals surface area (Å²) in [6.07, 6.45) is 3.90. The summed E-state index contributed by atoms with van der Waals surface area (Å²) in [6, 6.07) is 30.4. The fourth-order valence-electron chi connectivity index (χ4n) is 5.75. The molecule has 0 saturated carbocycles. The number of aromatic nitrogens is 2. The third-order valence-electron chi connectivity index (χ3n) is 7.29. The third-order valence-corrected chi connectivity index (χ3v) is 7.29. The predicted molar refractivity (Wildman–Crippen MR) is 138 cm³/mol. The van der Waals surface area contributed by atoms with Crippen LogP contribution in [-0.2, 0) is 5.41 Å². The topological polar surface area (TPSA) is 25.8 Å². The van der Waals surface area contributed by atoms with E-state index in [-0.39, 0.29) is 5.41 Å².